The molecule has 4 nitrogen and oxygen atoms in total. The fourth-order valence-corrected chi connectivity index (χ4v) is 2.30. The highest BCUT2D eigenvalue weighted by Crippen LogP contribution is 2.18. The van der Waals surface area contributed by atoms with Gasteiger partial charge >= 0.3 is 0 Å². The molecule has 1 atom stereocenters. The van der Waals surface area contributed by atoms with Crippen LogP contribution in [0.1, 0.15) is 43.6 Å². The van der Waals surface area contributed by atoms with Crippen molar-refractivity contribution in [2.75, 3.05) is 0 Å². The zero-order valence-electron chi connectivity index (χ0n) is 12.5. The fraction of sp³-hybridized carbons (Fsp3) is 0.467. The molecular weight excluding hydrogens is 320 g/mol. The number of carbonyl (C=O) groups is 2. The first kappa shape index (κ1) is 16.7. The number of hydrogen-bond acceptors (Lipinski definition) is 2. The van der Waals surface area contributed by atoms with E-state index in [1.807, 2.05) is 39.8 Å². The summed E-state index contributed by atoms with van der Waals surface area (Å²) in [6, 6.07) is 4.88. The second-order valence-electron chi connectivity index (χ2n) is 5.92. The quantitative estimate of drug-likeness (QED) is 0.888. The molecule has 0 bridgehead atoms. The third-order valence-electron chi connectivity index (χ3n) is 2.61. The second kappa shape index (κ2) is 6.39. The minimum absolute atomic E-state index is 0.200. The van der Waals surface area contributed by atoms with Crippen LogP contribution in [0.2, 0.25) is 0 Å². The Labute approximate surface area is 128 Å². The normalized spacial score (nSPS) is 12.7. The van der Waals surface area contributed by atoms with Gasteiger partial charge in [-0.2, -0.15) is 0 Å². The molecule has 0 aliphatic heterocycles. The summed E-state index contributed by atoms with van der Waals surface area (Å²) in [5.41, 5.74) is 1.26. The minimum Gasteiger partial charge on any atom is -0.350 e. The number of halogens is 1. The molecule has 0 fully saturated rings. The molecule has 2 amide bonds. The van der Waals surface area contributed by atoms with E-state index in [9.17, 15) is 9.59 Å². The Kier molecular flexibility index (Phi) is 5.34. The molecule has 0 aliphatic carbocycles. The van der Waals surface area contributed by atoms with Gasteiger partial charge in [-0.15, -0.1) is 0 Å². The van der Waals surface area contributed by atoms with Crippen LogP contribution in [-0.4, -0.2) is 23.4 Å². The van der Waals surface area contributed by atoms with Gasteiger partial charge in [0.2, 0.25) is 5.91 Å². The Bertz CT molecular complexity index is 521. The lowest BCUT2D eigenvalue weighted by atomic mass is 10.1. The van der Waals surface area contributed by atoms with E-state index in [2.05, 4.69) is 26.6 Å². The van der Waals surface area contributed by atoms with Gasteiger partial charge in [0.1, 0.15) is 6.04 Å². The van der Waals surface area contributed by atoms with Gasteiger partial charge in [-0.05, 0) is 68.2 Å². The van der Waals surface area contributed by atoms with Crippen LogP contribution in [-0.2, 0) is 4.79 Å². The highest BCUT2D eigenvalue weighted by Gasteiger charge is 2.21. The van der Waals surface area contributed by atoms with Crippen LogP contribution in [0.4, 0.5) is 0 Å². The Balaban J connectivity index is 2.73. The van der Waals surface area contributed by atoms with Crippen molar-refractivity contribution >= 4 is 27.7 Å². The maximum absolute atomic E-state index is 12.1. The smallest absolute Gasteiger partial charge is 0.253 e. The number of aryl methyl sites for hydroxylation is 1. The number of rotatable bonds is 3. The molecule has 0 saturated heterocycles. The summed E-state index contributed by atoms with van der Waals surface area (Å²) in [4.78, 5) is 24.1. The molecule has 1 unspecified atom stereocenters. The zero-order chi connectivity index (χ0) is 15.5. The first-order valence-electron chi connectivity index (χ1n) is 6.49. The number of amides is 2. The number of benzene rings is 1. The zero-order valence-corrected chi connectivity index (χ0v) is 14.1. The van der Waals surface area contributed by atoms with Crippen molar-refractivity contribution in [3.8, 4) is 0 Å². The van der Waals surface area contributed by atoms with Gasteiger partial charge in [-0.1, -0.05) is 6.07 Å². The van der Waals surface area contributed by atoms with Gasteiger partial charge < -0.3 is 10.6 Å². The Morgan fingerprint density at radius 2 is 1.85 bits per heavy atom. The maximum atomic E-state index is 12.1. The van der Waals surface area contributed by atoms with Crippen molar-refractivity contribution in [3.05, 3.63) is 33.8 Å². The standard InChI is InChI=1S/C15H21BrN2O2/c1-9-6-7-11(12(16)8-9)14(20)17-10(2)13(19)18-15(3,4)5/h6-8,10H,1-5H3,(H,17,20)(H,18,19). The van der Waals surface area contributed by atoms with E-state index in [4.69, 9.17) is 0 Å². The van der Waals surface area contributed by atoms with Crippen molar-refractivity contribution in [1.82, 2.24) is 10.6 Å². The monoisotopic (exact) mass is 340 g/mol. The third-order valence-corrected chi connectivity index (χ3v) is 3.26. The maximum Gasteiger partial charge on any atom is 0.253 e. The van der Waals surface area contributed by atoms with Crippen molar-refractivity contribution in [3.63, 3.8) is 0 Å². The Morgan fingerprint density at radius 1 is 1.25 bits per heavy atom. The van der Waals surface area contributed by atoms with Crippen LogP contribution in [0.3, 0.4) is 0 Å². The molecule has 20 heavy (non-hydrogen) atoms. The van der Waals surface area contributed by atoms with Crippen molar-refractivity contribution in [2.24, 2.45) is 0 Å². The topological polar surface area (TPSA) is 58.2 Å². The summed E-state index contributed by atoms with van der Waals surface area (Å²) >= 11 is 3.36. The first-order chi connectivity index (χ1) is 9.10. The third kappa shape index (κ3) is 4.96. The van der Waals surface area contributed by atoms with Crippen molar-refractivity contribution in [1.29, 1.82) is 0 Å². The molecule has 0 aliphatic rings. The summed E-state index contributed by atoms with van der Waals surface area (Å²) in [6.07, 6.45) is 0. The fourth-order valence-electron chi connectivity index (χ4n) is 1.62. The Hall–Kier alpha value is -1.36. The van der Waals surface area contributed by atoms with Gasteiger partial charge in [0.05, 0.1) is 5.56 Å². The molecular formula is C15H21BrN2O2. The van der Waals surface area contributed by atoms with Gasteiger partial charge in [-0.3, -0.25) is 9.59 Å². The van der Waals surface area contributed by atoms with Crippen molar-refractivity contribution in [2.45, 2.75) is 46.2 Å². The highest BCUT2D eigenvalue weighted by atomic mass is 79.9. The molecule has 110 valence electrons. The summed E-state index contributed by atoms with van der Waals surface area (Å²) in [7, 11) is 0. The number of nitrogens with one attached hydrogen (secondary N) is 2. The van der Waals surface area contributed by atoms with E-state index in [-0.39, 0.29) is 17.4 Å². The largest absolute Gasteiger partial charge is 0.350 e. The second-order valence-corrected chi connectivity index (χ2v) is 6.77. The van der Waals surface area contributed by atoms with E-state index < -0.39 is 6.04 Å². The van der Waals surface area contributed by atoms with E-state index in [0.29, 0.717) is 5.56 Å². The summed E-state index contributed by atoms with van der Waals surface area (Å²) < 4.78 is 0.721. The van der Waals surface area contributed by atoms with Crippen LogP contribution >= 0.6 is 15.9 Å². The van der Waals surface area contributed by atoms with Gasteiger partial charge in [-0.25, -0.2) is 0 Å². The average Bonchev–Trinajstić information content (AvgIpc) is 2.26. The van der Waals surface area contributed by atoms with E-state index in [0.717, 1.165) is 10.0 Å². The lowest BCUT2D eigenvalue weighted by Crippen LogP contribution is -2.50. The van der Waals surface area contributed by atoms with Gasteiger partial charge in [0.15, 0.2) is 0 Å². The van der Waals surface area contributed by atoms with E-state index in [1.165, 1.54) is 0 Å². The minimum atomic E-state index is -0.588. The number of hydrogen-bond donors (Lipinski definition) is 2. The molecule has 1 aromatic rings. The summed E-state index contributed by atoms with van der Waals surface area (Å²) in [5.74, 6) is -0.470. The molecule has 0 heterocycles. The van der Waals surface area contributed by atoms with Crippen LogP contribution in [0.15, 0.2) is 22.7 Å². The molecule has 0 radical (unpaired) electrons. The highest BCUT2D eigenvalue weighted by molar-refractivity contribution is 9.10. The molecule has 0 aromatic heterocycles. The molecule has 0 saturated carbocycles. The van der Waals surface area contributed by atoms with Crippen molar-refractivity contribution < 1.29 is 9.59 Å². The molecule has 0 spiro atoms. The van der Waals surface area contributed by atoms with Crippen LogP contribution < -0.4 is 10.6 Å². The van der Waals surface area contributed by atoms with Crippen LogP contribution in [0.25, 0.3) is 0 Å². The van der Waals surface area contributed by atoms with Gasteiger partial charge in [0, 0.05) is 10.0 Å². The predicted molar refractivity (Wildman–Crippen MR) is 83.7 cm³/mol. The van der Waals surface area contributed by atoms with Crippen LogP contribution in [0, 0.1) is 6.92 Å². The summed E-state index contributed by atoms with van der Waals surface area (Å²) in [5, 5.41) is 5.53. The SMILES string of the molecule is Cc1ccc(C(=O)NC(C)C(=O)NC(C)(C)C)c(Br)c1. The summed E-state index contributed by atoms with van der Waals surface area (Å²) in [6.45, 7) is 9.31. The molecule has 5 heteroatoms. The number of carbonyl (C=O) groups excluding carboxylic acids is 2. The first-order valence-corrected chi connectivity index (χ1v) is 7.28. The lowest BCUT2D eigenvalue weighted by Gasteiger charge is -2.23. The van der Waals surface area contributed by atoms with Gasteiger partial charge in [0.25, 0.3) is 5.91 Å². The average molecular weight is 341 g/mol. The lowest BCUT2D eigenvalue weighted by molar-refractivity contribution is -0.124. The van der Waals surface area contributed by atoms with E-state index >= 15 is 0 Å². The molecule has 1 rings (SSSR count). The molecule has 1 aromatic carbocycles. The van der Waals surface area contributed by atoms with Crippen LogP contribution in [0.5, 0.6) is 0 Å². The van der Waals surface area contributed by atoms with E-state index in [1.54, 1.807) is 13.0 Å². The Morgan fingerprint density at radius 3 is 2.35 bits per heavy atom. The predicted octanol–water partition coefficient (Wildman–Crippen LogP) is 2.79. The molecule has 2 N–H and O–H groups in total.